The standard InChI is InChI=1S/C22H24N6O3/c1-5-6-12-27-20(29)17(13-23)14(2)18(21(27)30)24-25-19-15(3)26(4)28(22(19)31)16-10-8-7-9-11-16/h7-11,29H,5-6,12H2,1-4H3. The van der Waals surface area contributed by atoms with E-state index in [0.29, 0.717) is 17.8 Å². The topological polar surface area (TPSA) is 118 Å². The molecule has 0 aliphatic rings. The van der Waals surface area contributed by atoms with Gasteiger partial charge in [0.05, 0.1) is 11.4 Å². The van der Waals surface area contributed by atoms with Crippen LogP contribution in [0, 0.1) is 25.2 Å². The Morgan fingerprint density at radius 3 is 2.32 bits per heavy atom. The monoisotopic (exact) mass is 420 g/mol. The molecular weight excluding hydrogens is 396 g/mol. The summed E-state index contributed by atoms with van der Waals surface area (Å²) < 4.78 is 4.26. The smallest absolute Gasteiger partial charge is 0.299 e. The van der Waals surface area contributed by atoms with Gasteiger partial charge in [-0.1, -0.05) is 31.5 Å². The molecule has 160 valence electrons. The molecule has 2 aromatic heterocycles. The number of hydrogen-bond donors (Lipinski definition) is 1. The first kappa shape index (κ1) is 21.8. The summed E-state index contributed by atoms with van der Waals surface area (Å²) in [7, 11) is 1.74. The average molecular weight is 420 g/mol. The van der Waals surface area contributed by atoms with Crippen LogP contribution < -0.4 is 11.1 Å². The highest BCUT2D eigenvalue weighted by molar-refractivity contribution is 5.57. The van der Waals surface area contributed by atoms with Crippen molar-refractivity contribution in [2.24, 2.45) is 17.3 Å². The molecule has 1 N–H and O–H groups in total. The Kier molecular flexibility index (Phi) is 6.20. The highest BCUT2D eigenvalue weighted by Crippen LogP contribution is 2.27. The molecule has 0 bridgehead atoms. The van der Waals surface area contributed by atoms with Crippen LogP contribution in [0.2, 0.25) is 0 Å². The Morgan fingerprint density at radius 2 is 1.71 bits per heavy atom. The maximum absolute atomic E-state index is 13.0. The van der Waals surface area contributed by atoms with Crippen LogP contribution in [-0.2, 0) is 13.6 Å². The van der Waals surface area contributed by atoms with Crippen LogP contribution in [0.3, 0.4) is 0 Å². The van der Waals surface area contributed by atoms with Crippen molar-refractivity contribution in [3.05, 3.63) is 67.9 Å². The van der Waals surface area contributed by atoms with Crippen molar-refractivity contribution in [1.82, 2.24) is 13.9 Å². The first-order chi connectivity index (χ1) is 14.8. The van der Waals surface area contributed by atoms with Crippen molar-refractivity contribution in [2.75, 3.05) is 0 Å². The summed E-state index contributed by atoms with van der Waals surface area (Å²) in [6.45, 7) is 5.47. The van der Waals surface area contributed by atoms with E-state index in [1.54, 1.807) is 30.8 Å². The van der Waals surface area contributed by atoms with E-state index in [2.05, 4.69) is 10.2 Å². The zero-order valence-electron chi connectivity index (χ0n) is 18.0. The summed E-state index contributed by atoms with van der Waals surface area (Å²) >= 11 is 0. The highest BCUT2D eigenvalue weighted by atomic mass is 16.3. The quantitative estimate of drug-likeness (QED) is 0.611. The minimum absolute atomic E-state index is 0.0314. The summed E-state index contributed by atoms with van der Waals surface area (Å²) in [4.78, 5) is 25.9. The number of azo groups is 1. The van der Waals surface area contributed by atoms with Gasteiger partial charge in [-0.05, 0) is 32.4 Å². The van der Waals surface area contributed by atoms with Crippen molar-refractivity contribution in [2.45, 2.75) is 40.2 Å². The molecule has 0 saturated heterocycles. The number of nitrogens with zero attached hydrogens (tertiary/aromatic N) is 6. The lowest BCUT2D eigenvalue weighted by Crippen LogP contribution is -2.22. The third-order valence-corrected chi connectivity index (χ3v) is 5.28. The third kappa shape index (κ3) is 3.80. The zero-order valence-corrected chi connectivity index (χ0v) is 18.0. The van der Waals surface area contributed by atoms with Crippen LogP contribution in [0.25, 0.3) is 5.69 Å². The molecule has 0 atom stereocenters. The molecule has 3 aromatic rings. The van der Waals surface area contributed by atoms with Crippen molar-refractivity contribution in [3.8, 4) is 17.6 Å². The van der Waals surface area contributed by atoms with E-state index in [4.69, 9.17) is 0 Å². The van der Waals surface area contributed by atoms with Gasteiger partial charge in [-0.2, -0.15) is 5.26 Å². The number of nitriles is 1. The van der Waals surface area contributed by atoms with Gasteiger partial charge < -0.3 is 5.11 Å². The number of hydrogen-bond acceptors (Lipinski definition) is 6. The van der Waals surface area contributed by atoms with Crippen LogP contribution in [0.5, 0.6) is 5.88 Å². The summed E-state index contributed by atoms with van der Waals surface area (Å²) in [6.07, 6.45) is 1.46. The fourth-order valence-corrected chi connectivity index (χ4v) is 3.35. The van der Waals surface area contributed by atoms with Crippen molar-refractivity contribution < 1.29 is 5.11 Å². The number of pyridine rings is 1. The Hall–Kier alpha value is -3.93. The van der Waals surface area contributed by atoms with E-state index in [1.165, 1.54) is 11.6 Å². The number of aromatic nitrogens is 3. The molecule has 0 radical (unpaired) electrons. The van der Waals surface area contributed by atoms with Gasteiger partial charge in [-0.3, -0.25) is 18.8 Å². The number of unbranched alkanes of at least 4 members (excludes halogenated alkanes) is 1. The van der Waals surface area contributed by atoms with Gasteiger partial charge in [-0.25, -0.2) is 4.68 Å². The summed E-state index contributed by atoms with van der Waals surface area (Å²) in [5.74, 6) is -0.375. The normalized spacial score (nSPS) is 11.2. The second-order valence-electron chi connectivity index (χ2n) is 7.20. The zero-order chi connectivity index (χ0) is 22.7. The lowest BCUT2D eigenvalue weighted by atomic mass is 10.1. The maximum atomic E-state index is 13.0. The van der Waals surface area contributed by atoms with Crippen LogP contribution in [0.4, 0.5) is 11.4 Å². The number of benzene rings is 1. The average Bonchev–Trinajstić information content (AvgIpc) is 2.97. The first-order valence-electron chi connectivity index (χ1n) is 9.95. The molecule has 0 aliphatic carbocycles. The number of para-hydroxylation sites is 1. The van der Waals surface area contributed by atoms with Crippen molar-refractivity contribution >= 4 is 11.4 Å². The minimum atomic E-state index is -0.553. The third-order valence-electron chi connectivity index (χ3n) is 5.28. The Bertz CT molecular complexity index is 1310. The van der Waals surface area contributed by atoms with E-state index in [1.807, 2.05) is 31.2 Å². The molecule has 0 aliphatic heterocycles. The molecule has 0 saturated carbocycles. The van der Waals surface area contributed by atoms with E-state index in [9.17, 15) is 20.0 Å². The Labute approximate surface area is 179 Å². The Morgan fingerprint density at radius 1 is 1.06 bits per heavy atom. The van der Waals surface area contributed by atoms with Gasteiger partial charge in [0.1, 0.15) is 11.6 Å². The van der Waals surface area contributed by atoms with Crippen LogP contribution in [0.15, 0.2) is 50.1 Å². The maximum Gasteiger partial charge on any atom is 0.299 e. The van der Waals surface area contributed by atoms with Crippen molar-refractivity contribution in [1.29, 1.82) is 5.26 Å². The van der Waals surface area contributed by atoms with Gasteiger partial charge in [-0.15, -0.1) is 10.2 Å². The molecule has 2 heterocycles. The molecule has 0 fully saturated rings. The fraction of sp³-hybridized carbons (Fsp3) is 0.318. The highest BCUT2D eigenvalue weighted by Gasteiger charge is 2.20. The van der Waals surface area contributed by atoms with Crippen LogP contribution in [0.1, 0.15) is 36.6 Å². The van der Waals surface area contributed by atoms with Crippen LogP contribution in [-0.4, -0.2) is 19.0 Å². The molecule has 9 heteroatoms. The minimum Gasteiger partial charge on any atom is -0.493 e. The molecule has 0 amide bonds. The van der Waals surface area contributed by atoms with Crippen molar-refractivity contribution in [3.63, 3.8) is 0 Å². The largest absolute Gasteiger partial charge is 0.493 e. The van der Waals surface area contributed by atoms with Gasteiger partial charge in [0.25, 0.3) is 11.1 Å². The van der Waals surface area contributed by atoms with E-state index in [-0.39, 0.29) is 40.5 Å². The fourth-order valence-electron chi connectivity index (χ4n) is 3.35. The molecule has 9 nitrogen and oxygen atoms in total. The Balaban J connectivity index is 2.17. The van der Waals surface area contributed by atoms with Gasteiger partial charge in [0, 0.05) is 19.2 Å². The predicted octanol–water partition coefficient (Wildman–Crippen LogP) is 3.75. The molecular formula is C22H24N6O3. The van der Waals surface area contributed by atoms with Crippen LogP contribution >= 0.6 is 0 Å². The first-order valence-corrected chi connectivity index (χ1v) is 9.95. The van der Waals surface area contributed by atoms with Gasteiger partial charge in [0.2, 0.25) is 5.88 Å². The van der Waals surface area contributed by atoms with E-state index in [0.717, 1.165) is 11.0 Å². The molecule has 0 spiro atoms. The molecule has 1 aromatic carbocycles. The van der Waals surface area contributed by atoms with E-state index < -0.39 is 5.56 Å². The number of aromatic hydroxyl groups is 1. The lowest BCUT2D eigenvalue weighted by molar-refractivity contribution is 0.399. The molecule has 31 heavy (non-hydrogen) atoms. The van der Waals surface area contributed by atoms with E-state index >= 15 is 0 Å². The second-order valence-corrected chi connectivity index (χ2v) is 7.20. The second kappa shape index (κ2) is 8.83. The lowest BCUT2D eigenvalue weighted by Gasteiger charge is -2.12. The summed E-state index contributed by atoms with van der Waals surface area (Å²) in [5, 5.41) is 28.0. The summed E-state index contributed by atoms with van der Waals surface area (Å²) in [5.41, 5.74) is 0.530. The number of rotatable bonds is 6. The predicted molar refractivity (Wildman–Crippen MR) is 117 cm³/mol. The van der Waals surface area contributed by atoms with Gasteiger partial charge >= 0.3 is 0 Å². The van der Waals surface area contributed by atoms with Gasteiger partial charge in [0.15, 0.2) is 11.4 Å². The molecule has 0 unspecified atom stereocenters. The SMILES string of the molecule is CCCCn1c(O)c(C#N)c(C)c(N=Nc2c(C)n(C)n(-c3ccccc3)c2=O)c1=O. The molecule has 3 rings (SSSR count). The summed E-state index contributed by atoms with van der Waals surface area (Å²) in [6, 6.07) is 11.0.